The van der Waals surface area contributed by atoms with Gasteiger partial charge >= 0.3 is 16.6 Å². The minimum absolute atomic E-state index is 0.0164. The van der Waals surface area contributed by atoms with Crippen LogP contribution in [0.1, 0.15) is 112 Å². The number of fused-ring (bicyclic) bond motifs is 8. The molecule has 0 spiro atoms. The van der Waals surface area contributed by atoms with Crippen molar-refractivity contribution in [1.29, 1.82) is 0 Å². The summed E-state index contributed by atoms with van der Waals surface area (Å²) >= 11 is 0. The summed E-state index contributed by atoms with van der Waals surface area (Å²) in [5, 5.41) is 0.579. The second-order valence-corrected chi connectivity index (χ2v) is 21.0. The van der Waals surface area contributed by atoms with Crippen LogP contribution in [0.5, 0.6) is 17.2 Å². The highest BCUT2D eigenvalue weighted by Crippen LogP contribution is 2.43. The maximum atomic E-state index is 14.4. The van der Waals surface area contributed by atoms with Crippen LogP contribution in [0.4, 0.5) is 17.1 Å². The number of anilines is 3. The van der Waals surface area contributed by atoms with E-state index < -0.39 is 28.4 Å². The number of para-hydroxylation sites is 2. The predicted molar refractivity (Wildman–Crippen MR) is 292 cm³/mol. The maximum Gasteiger partial charge on any atom is 0.425 e. The lowest BCUT2D eigenvalue weighted by Crippen LogP contribution is -2.40. The fraction of sp³-hybridized carbons (Fsp3) is 0.417. The number of aryl methyl sites for hydroxylation is 2. The summed E-state index contributed by atoms with van der Waals surface area (Å²) in [6.45, 7) is 9.35. The zero-order valence-electron chi connectivity index (χ0n) is 45.0. The second-order valence-electron chi connectivity index (χ2n) is 20.5. The van der Waals surface area contributed by atoms with Crippen molar-refractivity contribution in [3.63, 3.8) is 0 Å². The summed E-state index contributed by atoms with van der Waals surface area (Å²) < 4.78 is 56.3. The number of imide groups is 1. The molecular formula is C60H66N4O14S. The highest BCUT2D eigenvalue weighted by Gasteiger charge is 2.42. The number of ether oxygens (including phenoxy) is 5. The molecule has 4 amide bonds. The highest BCUT2D eigenvalue weighted by molar-refractivity contribution is 7.59. The molecule has 18 nitrogen and oxygen atoms in total. The normalized spacial score (nSPS) is 17.8. The van der Waals surface area contributed by atoms with Gasteiger partial charge in [0.25, 0.3) is 23.6 Å². The van der Waals surface area contributed by atoms with Crippen molar-refractivity contribution in [2.75, 3.05) is 61.3 Å². The Morgan fingerprint density at radius 3 is 1.95 bits per heavy atom. The number of hydroxylamine groups is 2. The van der Waals surface area contributed by atoms with Crippen LogP contribution < -0.4 is 28.9 Å². The van der Waals surface area contributed by atoms with Gasteiger partial charge in [0.1, 0.15) is 19.0 Å². The fourth-order valence-corrected chi connectivity index (χ4v) is 11.3. The van der Waals surface area contributed by atoms with Gasteiger partial charge < -0.3 is 43.2 Å². The largest absolute Gasteiger partial charge is 0.493 e. The lowest BCUT2D eigenvalue weighted by Gasteiger charge is -2.27. The van der Waals surface area contributed by atoms with Crippen LogP contribution in [-0.2, 0) is 78.2 Å². The molecule has 10 rings (SSSR count). The van der Waals surface area contributed by atoms with E-state index in [0.29, 0.717) is 85.8 Å². The SMILES string of the molecule is CCCOCCOCCN(CCCC(=O)ON1C(=O)CCC1=O)c1cc(COc2cc3c(cc2C)C(=O)N2c4ccccc4C[C@H]2CC3)cc(COc2cc3c(cc2OC)C(=O)N2c4ccccc4C[C@H]2C(C)C3)c1.O=S(=O)=O. The Morgan fingerprint density at radius 1 is 0.658 bits per heavy atom. The van der Waals surface area contributed by atoms with Gasteiger partial charge in [0.2, 0.25) is 0 Å². The highest BCUT2D eigenvalue weighted by atomic mass is 32.2. The van der Waals surface area contributed by atoms with Crippen LogP contribution in [0.3, 0.4) is 0 Å². The van der Waals surface area contributed by atoms with Gasteiger partial charge in [-0.3, -0.25) is 19.2 Å². The molecular weight excluding hydrogens is 1030 g/mol. The third-order valence-corrected chi connectivity index (χ3v) is 15.1. The molecule has 0 saturated carbocycles. The van der Waals surface area contributed by atoms with Crippen molar-refractivity contribution >= 4 is 57.3 Å². The minimum Gasteiger partial charge on any atom is -0.493 e. The number of hydrogen-bond acceptors (Lipinski definition) is 15. The third kappa shape index (κ3) is 13.0. The summed E-state index contributed by atoms with van der Waals surface area (Å²) in [6, 6.07) is 30.4. The van der Waals surface area contributed by atoms with E-state index in [-0.39, 0.29) is 62.3 Å². The molecule has 0 aliphatic carbocycles. The van der Waals surface area contributed by atoms with Crippen molar-refractivity contribution in [2.24, 2.45) is 5.92 Å². The van der Waals surface area contributed by atoms with E-state index in [9.17, 15) is 24.0 Å². The van der Waals surface area contributed by atoms with E-state index in [4.69, 9.17) is 41.1 Å². The lowest BCUT2D eigenvalue weighted by atomic mass is 9.91. The van der Waals surface area contributed by atoms with E-state index >= 15 is 0 Å². The number of amides is 4. The van der Waals surface area contributed by atoms with Gasteiger partial charge in [0.15, 0.2) is 11.5 Å². The number of carbonyl (C=O) groups is 5. The first kappa shape index (κ1) is 56.1. The van der Waals surface area contributed by atoms with Gasteiger partial charge in [-0.15, -0.1) is 17.7 Å². The topological polar surface area (TPSA) is 205 Å². The Bertz CT molecular complexity index is 3220. The molecule has 0 N–H and O–H groups in total. The smallest absolute Gasteiger partial charge is 0.425 e. The number of rotatable bonds is 21. The van der Waals surface area contributed by atoms with E-state index in [1.54, 1.807) is 7.11 Å². The van der Waals surface area contributed by atoms with Gasteiger partial charge in [0.05, 0.1) is 26.9 Å². The van der Waals surface area contributed by atoms with E-state index in [1.807, 2.05) is 89.5 Å². The number of carbonyl (C=O) groups excluding carboxylic acids is 5. The van der Waals surface area contributed by atoms with Crippen molar-refractivity contribution in [3.8, 4) is 17.2 Å². The standard InChI is InChI=1S/C60H66N4O11.O3S/c1-5-22-71-24-25-72-23-21-61(20-10-15-58(67)75-64-56(65)18-19-57(64)66)47-29-40(36-73-53-33-42-16-17-46-31-43-11-6-8-13-50(43)62(46)59(68)48(42)27-39(53)3)28-41(30-47)37-74-55-34-45-26-38(2)52-32-44-12-7-9-14-51(44)63(52)60(69)49(45)35-54(55)70-4;1-4(2)3/h6-9,11-14,27-30,33-35,38,46,52H,5,10,15-26,31-32,36-37H2,1-4H3;/t38?,46-,52+;/m1./s1. The average Bonchev–Trinajstić information content (AvgIpc) is 4.23. The molecule has 1 saturated heterocycles. The van der Waals surface area contributed by atoms with Crippen LogP contribution in [-0.4, -0.2) is 106 Å². The number of nitrogens with zero attached hydrogens (tertiary/aromatic N) is 4. The molecule has 416 valence electrons. The number of benzene rings is 5. The molecule has 5 aliphatic heterocycles. The molecule has 1 unspecified atom stereocenters. The molecule has 0 aromatic heterocycles. The zero-order valence-corrected chi connectivity index (χ0v) is 45.8. The van der Waals surface area contributed by atoms with Crippen LogP contribution in [0, 0.1) is 12.8 Å². The molecule has 5 aromatic carbocycles. The van der Waals surface area contributed by atoms with Crippen LogP contribution >= 0.6 is 0 Å². The van der Waals surface area contributed by atoms with Gasteiger partial charge in [-0.2, -0.15) is 0 Å². The average molecular weight is 1100 g/mol. The summed E-state index contributed by atoms with van der Waals surface area (Å²) in [5.74, 6) is 0.109. The fourth-order valence-electron chi connectivity index (χ4n) is 11.3. The van der Waals surface area contributed by atoms with E-state index in [0.717, 1.165) is 77.0 Å². The second kappa shape index (κ2) is 25.5. The summed E-state index contributed by atoms with van der Waals surface area (Å²) in [4.78, 5) is 77.3. The van der Waals surface area contributed by atoms with Gasteiger partial charge in [0, 0.05) is 79.2 Å². The Morgan fingerprint density at radius 2 is 1.27 bits per heavy atom. The van der Waals surface area contributed by atoms with Crippen molar-refractivity contribution in [3.05, 3.63) is 141 Å². The number of hydrogen-bond donors (Lipinski definition) is 0. The molecule has 0 radical (unpaired) electrons. The van der Waals surface area contributed by atoms with Crippen LogP contribution in [0.2, 0.25) is 0 Å². The van der Waals surface area contributed by atoms with Gasteiger partial charge in [-0.1, -0.05) is 50.2 Å². The molecule has 1 fully saturated rings. The Balaban J connectivity index is 0.00000183. The van der Waals surface area contributed by atoms with Crippen molar-refractivity contribution in [2.45, 2.75) is 110 Å². The summed E-state index contributed by atoms with van der Waals surface area (Å²) in [7, 11) is -1.53. The summed E-state index contributed by atoms with van der Waals surface area (Å²) in [5.41, 5.74) is 10.9. The monoisotopic (exact) mass is 1100 g/mol. The Hall–Kier alpha value is -7.61. The first-order chi connectivity index (χ1) is 38.2. The predicted octanol–water partition coefficient (Wildman–Crippen LogP) is 8.08. The lowest BCUT2D eigenvalue weighted by molar-refractivity contribution is -0.197. The molecule has 3 atom stereocenters. The van der Waals surface area contributed by atoms with Gasteiger partial charge in [-0.05, 0) is 151 Å². The maximum absolute atomic E-state index is 14.4. The third-order valence-electron chi connectivity index (χ3n) is 15.1. The zero-order chi connectivity index (χ0) is 55.7. The van der Waals surface area contributed by atoms with Crippen LogP contribution in [0.25, 0.3) is 0 Å². The molecule has 19 heteroatoms. The van der Waals surface area contributed by atoms with E-state index in [1.165, 1.54) is 11.1 Å². The van der Waals surface area contributed by atoms with Crippen molar-refractivity contribution < 1.29 is 65.1 Å². The first-order valence-corrected chi connectivity index (χ1v) is 28.0. The minimum atomic E-state index is -3.11. The van der Waals surface area contributed by atoms with Crippen molar-refractivity contribution in [1.82, 2.24) is 5.06 Å². The molecule has 5 heterocycles. The van der Waals surface area contributed by atoms with E-state index in [2.05, 4.69) is 36.9 Å². The van der Waals surface area contributed by atoms with Gasteiger partial charge in [-0.25, -0.2) is 4.79 Å². The molecule has 5 aromatic rings. The molecule has 0 bridgehead atoms. The number of methoxy groups -OCH3 is 1. The van der Waals surface area contributed by atoms with Crippen LogP contribution in [0.15, 0.2) is 91.0 Å². The summed E-state index contributed by atoms with van der Waals surface area (Å²) in [6.07, 6.45) is 5.19. The molecule has 79 heavy (non-hydrogen) atoms. The Kier molecular flexibility index (Phi) is 18.1. The first-order valence-electron chi connectivity index (χ1n) is 27.0. The Labute approximate surface area is 461 Å². The quantitative estimate of drug-likeness (QED) is 0.0503. The molecule has 5 aliphatic rings.